The van der Waals surface area contributed by atoms with Crippen molar-refractivity contribution in [1.29, 1.82) is 0 Å². The number of amides is 1. The van der Waals surface area contributed by atoms with Crippen molar-refractivity contribution in [2.24, 2.45) is 0 Å². The molecule has 0 aromatic heterocycles. The molecule has 1 amide bonds. The van der Waals surface area contributed by atoms with Gasteiger partial charge in [-0.15, -0.1) is 0 Å². The van der Waals surface area contributed by atoms with E-state index in [0.29, 0.717) is 5.57 Å². The van der Waals surface area contributed by atoms with E-state index in [2.05, 4.69) is 5.32 Å². The molecule has 0 aliphatic carbocycles. The number of nitrogens with one attached hydrogen (secondary N) is 1. The van der Waals surface area contributed by atoms with E-state index in [1.54, 1.807) is 24.3 Å². The number of anilines is 1. The highest BCUT2D eigenvalue weighted by Crippen LogP contribution is 2.22. The molecule has 0 atom stereocenters. The van der Waals surface area contributed by atoms with Crippen LogP contribution in [0.2, 0.25) is 0 Å². The molecule has 0 fully saturated rings. The van der Waals surface area contributed by atoms with Gasteiger partial charge < -0.3 is 10.4 Å². The third-order valence-corrected chi connectivity index (χ3v) is 3.85. The van der Waals surface area contributed by atoms with Gasteiger partial charge in [0.1, 0.15) is 0 Å². The van der Waals surface area contributed by atoms with Crippen LogP contribution >= 0.6 is 0 Å². The Bertz CT molecular complexity index is 947. The predicted octanol–water partition coefficient (Wildman–Crippen LogP) is 4.56. The molecule has 2 N–H and O–H groups in total. The summed E-state index contributed by atoms with van der Waals surface area (Å²) < 4.78 is 0. The molecule has 128 valence electrons. The van der Waals surface area contributed by atoms with Crippen LogP contribution in [0.1, 0.15) is 21.5 Å². The largest absolute Gasteiger partial charge is 0.478 e. The van der Waals surface area contributed by atoms with Crippen molar-refractivity contribution in [2.45, 2.75) is 0 Å². The van der Waals surface area contributed by atoms with Crippen LogP contribution in [-0.4, -0.2) is 17.0 Å². The average molecular weight is 343 g/mol. The highest BCUT2D eigenvalue weighted by Gasteiger charge is 2.16. The Morgan fingerprint density at radius 1 is 0.769 bits per heavy atom. The van der Waals surface area contributed by atoms with Gasteiger partial charge in [0.25, 0.3) is 5.91 Å². The summed E-state index contributed by atoms with van der Waals surface area (Å²) in [5.41, 5.74) is 2.40. The van der Waals surface area contributed by atoms with E-state index in [1.807, 2.05) is 60.7 Å². The third-order valence-electron chi connectivity index (χ3n) is 3.85. The maximum absolute atomic E-state index is 12.9. The van der Waals surface area contributed by atoms with Crippen LogP contribution in [0.25, 0.3) is 11.6 Å². The Morgan fingerprint density at radius 2 is 1.35 bits per heavy atom. The van der Waals surface area contributed by atoms with Crippen molar-refractivity contribution in [1.82, 2.24) is 0 Å². The summed E-state index contributed by atoms with van der Waals surface area (Å²) in [7, 11) is 0. The zero-order chi connectivity index (χ0) is 18.4. The summed E-state index contributed by atoms with van der Waals surface area (Å²) in [4.78, 5) is 24.3. The standard InChI is InChI=1S/C22H17NO3/c24-21(23-20-14-8-7-13-18(20)22(25)26)19(17-11-5-2-6-12-17)15-16-9-3-1-4-10-16/h1-15H,(H,23,24)(H,25,26)/b19-15+. The molecule has 3 aromatic carbocycles. The Kier molecular flexibility index (Phi) is 5.25. The number of carbonyl (C=O) groups excluding carboxylic acids is 1. The highest BCUT2D eigenvalue weighted by atomic mass is 16.4. The lowest BCUT2D eigenvalue weighted by Gasteiger charge is -2.11. The van der Waals surface area contributed by atoms with Gasteiger partial charge >= 0.3 is 5.97 Å². The van der Waals surface area contributed by atoms with Gasteiger partial charge in [0.2, 0.25) is 0 Å². The number of hydrogen-bond donors (Lipinski definition) is 2. The maximum atomic E-state index is 12.9. The van der Waals surface area contributed by atoms with Crippen molar-refractivity contribution in [3.63, 3.8) is 0 Å². The Labute approximate surface area is 151 Å². The van der Waals surface area contributed by atoms with Crippen LogP contribution < -0.4 is 5.32 Å². The number of carbonyl (C=O) groups is 2. The zero-order valence-corrected chi connectivity index (χ0v) is 13.9. The molecular formula is C22H17NO3. The van der Waals surface area contributed by atoms with E-state index in [9.17, 15) is 14.7 Å². The SMILES string of the molecule is O=C(Nc1ccccc1C(=O)O)/C(=C/c1ccccc1)c1ccccc1. The van der Waals surface area contributed by atoms with Crippen molar-refractivity contribution >= 4 is 29.2 Å². The summed E-state index contributed by atoms with van der Waals surface area (Å²) in [6, 6.07) is 25.1. The molecule has 0 heterocycles. The quantitative estimate of drug-likeness (QED) is 0.527. The number of para-hydroxylation sites is 1. The van der Waals surface area contributed by atoms with Gasteiger partial charge in [-0.2, -0.15) is 0 Å². The topological polar surface area (TPSA) is 66.4 Å². The monoisotopic (exact) mass is 343 g/mol. The molecule has 0 radical (unpaired) electrons. The molecular weight excluding hydrogens is 326 g/mol. The van der Waals surface area contributed by atoms with Crippen molar-refractivity contribution in [3.05, 3.63) is 102 Å². The van der Waals surface area contributed by atoms with Crippen molar-refractivity contribution in [3.8, 4) is 0 Å². The lowest BCUT2D eigenvalue weighted by molar-refractivity contribution is -0.111. The molecule has 4 heteroatoms. The minimum atomic E-state index is -1.09. The normalized spacial score (nSPS) is 11.0. The molecule has 3 rings (SSSR count). The summed E-state index contributed by atoms with van der Waals surface area (Å²) >= 11 is 0. The molecule has 0 spiro atoms. The van der Waals surface area contributed by atoms with Gasteiger partial charge in [-0.3, -0.25) is 4.79 Å². The van der Waals surface area contributed by atoms with E-state index in [1.165, 1.54) is 6.07 Å². The number of hydrogen-bond acceptors (Lipinski definition) is 2. The number of carboxylic acid groups (broad SMARTS) is 1. The van der Waals surface area contributed by atoms with Gasteiger partial charge in [0, 0.05) is 5.57 Å². The van der Waals surface area contributed by atoms with Gasteiger partial charge in [0.15, 0.2) is 0 Å². The van der Waals surface area contributed by atoms with Crippen LogP contribution in [0.15, 0.2) is 84.9 Å². The van der Waals surface area contributed by atoms with E-state index in [4.69, 9.17) is 0 Å². The molecule has 26 heavy (non-hydrogen) atoms. The number of carboxylic acids is 1. The zero-order valence-electron chi connectivity index (χ0n) is 13.9. The van der Waals surface area contributed by atoms with E-state index >= 15 is 0 Å². The first-order valence-electron chi connectivity index (χ1n) is 8.11. The fraction of sp³-hybridized carbons (Fsp3) is 0. The highest BCUT2D eigenvalue weighted by molar-refractivity contribution is 6.29. The number of benzene rings is 3. The van der Waals surface area contributed by atoms with Crippen LogP contribution in [0.4, 0.5) is 5.69 Å². The van der Waals surface area contributed by atoms with Gasteiger partial charge in [-0.25, -0.2) is 4.79 Å². The van der Waals surface area contributed by atoms with Crippen LogP contribution in [0.3, 0.4) is 0 Å². The number of aromatic carboxylic acids is 1. The lowest BCUT2D eigenvalue weighted by atomic mass is 10.0. The van der Waals surface area contributed by atoms with Gasteiger partial charge in [-0.1, -0.05) is 72.8 Å². The van der Waals surface area contributed by atoms with Crippen LogP contribution in [-0.2, 0) is 4.79 Å². The molecule has 0 aliphatic rings. The second kappa shape index (κ2) is 7.94. The predicted molar refractivity (Wildman–Crippen MR) is 103 cm³/mol. The minimum absolute atomic E-state index is 0.0490. The summed E-state index contributed by atoms with van der Waals surface area (Å²) in [5.74, 6) is -1.46. The molecule has 0 saturated carbocycles. The summed E-state index contributed by atoms with van der Waals surface area (Å²) in [5, 5.41) is 12.0. The van der Waals surface area contributed by atoms with E-state index in [-0.39, 0.29) is 17.2 Å². The first-order chi connectivity index (χ1) is 12.6. The van der Waals surface area contributed by atoms with Crippen molar-refractivity contribution in [2.75, 3.05) is 5.32 Å². The molecule has 3 aromatic rings. The van der Waals surface area contributed by atoms with Crippen molar-refractivity contribution < 1.29 is 14.7 Å². The smallest absolute Gasteiger partial charge is 0.337 e. The lowest BCUT2D eigenvalue weighted by Crippen LogP contribution is -2.16. The molecule has 0 aliphatic heterocycles. The fourth-order valence-corrected chi connectivity index (χ4v) is 2.58. The van der Waals surface area contributed by atoms with Gasteiger partial charge in [0.05, 0.1) is 11.3 Å². The fourth-order valence-electron chi connectivity index (χ4n) is 2.58. The second-order valence-corrected chi connectivity index (χ2v) is 5.64. The molecule has 0 unspecified atom stereocenters. The first kappa shape index (κ1) is 17.2. The Morgan fingerprint density at radius 3 is 2.00 bits per heavy atom. The molecule has 0 saturated heterocycles. The van der Waals surface area contributed by atoms with E-state index in [0.717, 1.165) is 11.1 Å². The maximum Gasteiger partial charge on any atom is 0.337 e. The summed E-state index contributed by atoms with van der Waals surface area (Å²) in [6.07, 6.45) is 1.79. The van der Waals surface area contributed by atoms with Crippen LogP contribution in [0.5, 0.6) is 0 Å². The van der Waals surface area contributed by atoms with E-state index < -0.39 is 5.97 Å². The average Bonchev–Trinajstić information content (AvgIpc) is 2.68. The minimum Gasteiger partial charge on any atom is -0.478 e. The number of rotatable bonds is 5. The molecule has 0 bridgehead atoms. The first-order valence-corrected chi connectivity index (χ1v) is 8.11. The van der Waals surface area contributed by atoms with Gasteiger partial charge in [-0.05, 0) is 29.3 Å². The third kappa shape index (κ3) is 4.05. The second-order valence-electron chi connectivity index (χ2n) is 5.64. The Hall–Kier alpha value is -3.66. The summed E-state index contributed by atoms with van der Waals surface area (Å²) in [6.45, 7) is 0. The Balaban J connectivity index is 1.99. The van der Waals surface area contributed by atoms with Crippen LogP contribution in [0, 0.1) is 0 Å². The molecule has 4 nitrogen and oxygen atoms in total.